The zero-order valence-corrected chi connectivity index (χ0v) is 17.4. The van der Waals surface area contributed by atoms with Crippen LogP contribution in [0.3, 0.4) is 0 Å². The molecular weight excluding hydrogens is 431 g/mol. The molecule has 11 heteroatoms. The van der Waals surface area contributed by atoms with Crippen LogP contribution in [0.4, 0.5) is 23.7 Å². The van der Waals surface area contributed by atoms with Crippen LogP contribution in [0.15, 0.2) is 42.5 Å². The third-order valence-electron chi connectivity index (χ3n) is 5.03. The summed E-state index contributed by atoms with van der Waals surface area (Å²) in [6.45, 7) is 0.872. The lowest BCUT2D eigenvalue weighted by Gasteiger charge is -2.23. The largest absolute Gasteiger partial charge is 0.493 e. The number of anilines is 1. The number of ether oxygens (including phenoxy) is 2. The minimum atomic E-state index is -4.50. The Hall–Kier alpha value is -3.76. The van der Waals surface area contributed by atoms with Crippen molar-refractivity contribution in [2.75, 3.05) is 26.1 Å². The first-order valence-electron chi connectivity index (χ1n) is 9.33. The fourth-order valence-electron chi connectivity index (χ4n) is 3.27. The van der Waals surface area contributed by atoms with Crippen molar-refractivity contribution >= 4 is 23.5 Å². The van der Waals surface area contributed by atoms with E-state index in [1.165, 1.54) is 21.1 Å². The van der Waals surface area contributed by atoms with Gasteiger partial charge in [0.05, 0.1) is 19.8 Å². The topological polar surface area (TPSA) is 97.0 Å². The summed E-state index contributed by atoms with van der Waals surface area (Å²) in [5.74, 6) is -0.627. The molecule has 2 N–H and O–H groups in total. The number of carbonyl (C=O) groups excluding carboxylic acids is 3. The molecule has 1 atom stereocenters. The van der Waals surface area contributed by atoms with E-state index in [-0.39, 0.29) is 5.69 Å². The van der Waals surface area contributed by atoms with Crippen LogP contribution in [0.25, 0.3) is 0 Å². The van der Waals surface area contributed by atoms with Gasteiger partial charge in [-0.2, -0.15) is 13.2 Å². The Balaban J connectivity index is 1.74. The van der Waals surface area contributed by atoms with Crippen LogP contribution < -0.4 is 20.1 Å². The molecule has 0 aromatic heterocycles. The van der Waals surface area contributed by atoms with E-state index >= 15 is 0 Å². The number of alkyl halides is 3. The lowest BCUT2D eigenvalue weighted by Crippen LogP contribution is -2.42. The zero-order chi connectivity index (χ0) is 23.7. The minimum Gasteiger partial charge on any atom is -0.493 e. The molecule has 3 rings (SSSR count). The molecule has 170 valence electrons. The summed E-state index contributed by atoms with van der Waals surface area (Å²) in [7, 11) is 2.88. The van der Waals surface area contributed by atoms with Gasteiger partial charge in [0, 0.05) is 5.69 Å². The SMILES string of the molecule is COc1ccc([C@]2(C)NC(=O)N(CC(=O)Nc3ccc(C(F)(F)F)cc3)C2=O)cc1OC. The number of carbonyl (C=O) groups is 3. The number of amides is 4. The maximum absolute atomic E-state index is 13.0. The van der Waals surface area contributed by atoms with Crippen molar-refractivity contribution in [1.29, 1.82) is 0 Å². The van der Waals surface area contributed by atoms with E-state index in [9.17, 15) is 27.6 Å². The number of hydrogen-bond donors (Lipinski definition) is 2. The van der Waals surface area contributed by atoms with Crippen LogP contribution in [0.2, 0.25) is 0 Å². The number of benzene rings is 2. The number of methoxy groups -OCH3 is 2. The highest BCUT2D eigenvalue weighted by molar-refractivity contribution is 6.10. The fraction of sp³-hybridized carbons (Fsp3) is 0.286. The van der Waals surface area contributed by atoms with Gasteiger partial charge in [0.1, 0.15) is 12.1 Å². The number of nitrogens with zero attached hydrogens (tertiary/aromatic N) is 1. The number of hydrogen-bond acceptors (Lipinski definition) is 5. The van der Waals surface area contributed by atoms with Crippen molar-refractivity contribution < 1.29 is 37.0 Å². The predicted molar refractivity (Wildman–Crippen MR) is 107 cm³/mol. The number of halogens is 3. The summed E-state index contributed by atoms with van der Waals surface area (Å²) in [6, 6.07) is 7.73. The smallest absolute Gasteiger partial charge is 0.416 e. The Morgan fingerprint density at radius 2 is 1.69 bits per heavy atom. The van der Waals surface area contributed by atoms with Crippen molar-refractivity contribution in [3.05, 3.63) is 53.6 Å². The van der Waals surface area contributed by atoms with Crippen molar-refractivity contribution in [3.63, 3.8) is 0 Å². The summed E-state index contributed by atoms with van der Waals surface area (Å²) in [5, 5.41) is 4.94. The molecule has 0 unspecified atom stereocenters. The third-order valence-corrected chi connectivity index (χ3v) is 5.03. The molecule has 0 radical (unpaired) electrons. The van der Waals surface area contributed by atoms with E-state index in [4.69, 9.17) is 9.47 Å². The van der Waals surface area contributed by atoms with E-state index in [0.29, 0.717) is 17.1 Å². The molecular formula is C21H20F3N3O5. The van der Waals surface area contributed by atoms with E-state index in [1.54, 1.807) is 18.2 Å². The quantitative estimate of drug-likeness (QED) is 0.658. The first kappa shape index (κ1) is 22.9. The Labute approximate surface area is 181 Å². The molecule has 32 heavy (non-hydrogen) atoms. The highest BCUT2D eigenvalue weighted by Crippen LogP contribution is 2.35. The minimum absolute atomic E-state index is 0.0951. The second-order valence-electron chi connectivity index (χ2n) is 7.14. The summed E-state index contributed by atoms with van der Waals surface area (Å²) >= 11 is 0. The first-order valence-corrected chi connectivity index (χ1v) is 9.33. The Bertz CT molecular complexity index is 1060. The van der Waals surface area contributed by atoms with Gasteiger partial charge in [-0.3, -0.25) is 14.5 Å². The van der Waals surface area contributed by atoms with E-state index in [1.807, 2.05) is 0 Å². The van der Waals surface area contributed by atoms with Crippen molar-refractivity contribution in [1.82, 2.24) is 10.2 Å². The molecule has 0 spiro atoms. The molecule has 8 nitrogen and oxygen atoms in total. The monoisotopic (exact) mass is 451 g/mol. The van der Waals surface area contributed by atoms with E-state index < -0.39 is 41.7 Å². The van der Waals surface area contributed by atoms with Gasteiger partial charge in [0.15, 0.2) is 11.5 Å². The molecule has 1 saturated heterocycles. The Morgan fingerprint density at radius 3 is 2.25 bits per heavy atom. The van der Waals surface area contributed by atoms with Gasteiger partial charge in [-0.25, -0.2) is 4.79 Å². The van der Waals surface area contributed by atoms with Crippen LogP contribution in [-0.2, 0) is 21.3 Å². The van der Waals surface area contributed by atoms with Gasteiger partial charge in [0.25, 0.3) is 5.91 Å². The van der Waals surface area contributed by atoms with Gasteiger partial charge in [-0.15, -0.1) is 0 Å². The zero-order valence-electron chi connectivity index (χ0n) is 17.4. The average molecular weight is 451 g/mol. The maximum atomic E-state index is 13.0. The van der Waals surface area contributed by atoms with Crippen molar-refractivity contribution in [2.24, 2.45) is 0 Å². The number of imide groups is 1. The Morgan fingerprint density at radius 1 is 1.06 bits per heavy atom. The van der Waals surface area contributed by atoms with Gasteiger partial charge < -0.3 is 20.1 Å². The lowest BCUT2D eigenvalue weighted by molar-refractivity contribution is -0.137. The second-order valence-corrected chi connectivity index (χ2v) is 7.14. The molecule has 1 aliphatic heterocycles. The second kappa shape index (κ2) is 8.40. The standard InChI is InChI=1S/C21H20F3N3O5/c1-20(13-6-9-15(31-2)16(10-13)32-3)18(29)27(19(30)26-20)11-17(28)25-14-7-4-12(5-8-14)21(22,23)24/h4-10H,11H2,1-3H3,(H,25,28)(H,26,30)/t20-/m0/s1. The number of nitrogens with one attached hydrogen (secondary N) is 2. The summed E-state index contributed by atoms with van der Waals surface area (Å²) in [4.78, 5) is 38.5. The lowest BCUT2D eigenvalue weighted by atomic mass is 9.91. The highest BCUT2D eigenvalue weighted by atomic mass is 19.4. The van der Waals surface area contributed by atoms with Crippen LogP contribution in [-0.4, -0.2) is 43.5 Å². The molecule has 0 saturated carbocycles. The Kier molecular flexibility index (Phi) is 6.02. The van der Waals surface area contributed by atoms with E-state index in [0.717, 1.165) is 29.2 Å². The summed E-state index contributed by atoms with van der Waals surface area (Å²) < 4.78 is 48.4. The summed E-state index contributed by atoms with van der Waals surface area (Å²) in [5.41, 5.74) is -1.81. The van der Waals surface area contributed by atoms with Gasteiger partial charge in [-0.05, 0) is 48.9 Å². The molecule has 1 fully saturated rings. The summed E-state index contributed by atoms with van der Waals surface area (Å²) in [6.07, 6.45) is -4.50. The average Bonchev–Trinajstić information content (AvgIpc) is 2.96. The van der Waals surface area contributed by atoms with Crippen molar-refractivity contribution in [3.8, 4) is 11.5 Å². The van der Waals surface area contributed by atoms with Crippen LogP contribution >= 0.6 is 0 Å². The molecule has 0 bridgehead atoms. The van der Waals surface area contributed by atoms with Gasteiger partial charge in [0.2, 0.25) is 5.91 Å². The number of urea groups is 1. The first-order chi connectivity index (χ1) is 15.0. The molecule has 4 amide bonds. The molecule has 1 heterocycles. The van der Waals surface area contributed by atoms with Crippen molar-refractivity contribution in [2.45, 2.75) is 18.6 Å². The number of rotatable bonds is 6. The maximum Gasteiger partial charge on any atom is 0.416 e. The predicted octanol–water partition coefficient (Wildman–Crippen LogP) is 3.13. The van der Waals surface area contributed by atoms with Crippen LogP contribution in [0.5, 0.6) is 11.5 Å². The van der Waals surface area contributed by atoms with E-state index in [2.05, 4.69) is 10.6 Å². The molecule has 2 aromatic rings. The molecule has 0 aliphatic carbocycles. The van der Waals surface area contributed by atoms with Crippen LogP contribution in [0, 0.1) is 0 Å². The van der Waals surface area contributed by atoms with Crippen LogP contribution in [0.1, 0.15) is 18.1 Å². The van der Waals surface area contributed by atoms with Gasteiger partial charge in [-0.1, -0.05) is 6.07 Å². The molecule has 2 aromatic carbocycles. The van der Waals surface area contributed by atoms with Gasteiger partial charge >= 0.3 is 12.2 Å². The molecule has 1 aliphatic rings. The third kappa shape index (κ3) is 4.32. The normalized spacial score (nSPS) is 18.4. The fourth-order valence-corrected chi connectivity index (χ4v) is 3.27. The highest BCUT2D eigenvalue weighted by Gasteiger charge is 2.49.